The number of hydrogen-bond acceptors (Lipinski definition) is 4. The number of benzene rings is 2. The number of likely N-dealkylation sites (N-methyl/N-ethyl adjacent to an activating group) is 1. The molecule has 2 aromatic rings. The van der Waals surface area contributed by atoms with Gasteiger partial charge < -0.3 is 15.6 Å². The van der Waals surface area contributed by atoms with E-state index in [1.807, 2.05) is 12.1 Å². The molecule has 1 aliphatic heterocycles. The number of ether oxygens (including phenoxy) is 1. The lowest BCUT2D eigenvalue weighted by atomic mass is 9.53. The predicted octanol–water partition coefficient (Wildman–Crippen LogP) is 2.20. The molecule has 1 aliphatic carbocycles. The Labute approximate surface area is 159 Å². The van der Waals surface area contributed by atoms with Crippen molar-refractivity contribution >= 4 is 5.91 Å². The van der Waals surface area contributed by atoms with E-state index in [4.69, 9.17) is 10.5 Å². The van der Waals surface area contributed by atoms with Crippen molar-refractivity contribution in [2.45, 2.75) is 36.8 Å². The predicted molar refractivity (Wildman–Crippen MR) is 104 cm³/mol. The van der Waals surface area contributed by atoms with Gasteiger partial charge >= 0.3 is 0 Å². The second kappa shape index (κ2) is 6.08. The first-order valence-corrected chi connectivity index (χ1v) is 9.31. The number of amides is 1. The first-order valence-electron chi connectivity index (χ1n) is 9.31. The summed E-state index contributed by atoms with van der Waals surface area (Å²) in [5, 5.41) is 12.2. The lowest BCUT2D eigenvalue weighted by Crippen LogP contribution is -2.67. The highest BCUT2D eigenvalue weighted by Crippen LogP contribution is 2.56. The molecule has 1 fully saturated rings. The van der Waals surface area contributed by atoms with Gasteiger partial charge in [0.1, 0.15) is 11.4 Å². The summed E-state index contributed by atoms with van der Waals surface area (Å²) >= 11 is 0. The first-order chi connectivity index (χ1) is 12.8. The van der Waals surface area contributed by atoms with Gasteiger partial charge in [-0.2, -0.15) is 0 Å². The molecule has 5 heteroatoms. The van der Waals surface area contributed by atoms with Crippen molar-refractivity contribution < 1.29 is 14.6 Å². The van der Waals surface area contributed by atoms with Crippen LogP contribution in [0.2, 0.25) is 0 Å². The molecule has 1 amide bonds. The largest absolute Gasteiger partial charge is 0.497 e. The summed E-state index contributed by atoms with van der Waals surface area (Å²) in [4.78, 5) is 14.0. The zero-order valence-electron chi connectivity index (χ0n) is 16.0. The van der Waals surface area contributed by atoms with Crippen molar-refractivity contribution in [3.8, 4) is 5.75 Å². The maximum atomic E-state index is 12.2. The van der Waals surface area contributed by atoms with Gasteiger partial charge in [0, 0.05) is 17.0 Å². The number of primary amides is 1. The van der Waals surface area contributed by atoms with Crippen molar-refractivity contribution in [1.82, 2.24) is 4.90 Å². The Hall–Kier alpha value is -2.37. The molecule has 3 N–H and O–H groups in total. The van der Waals surface area contributed by atoms with Gasteiger partial charge in [0.2, 0.25) is 5.91 Å². The number of methoxy groups -OCH3 is 1. The summed E-state index contributed by atoms with van der Waals surface area (Å²) < 4.78 is 5.46. The van der Waals surface area contributed by atoms with Crippen LogP contribution in [0.4, 0.5) is 0 Å². The lowest BCUT2D eigenvalue weighted by Gasteiger charge is -2.60. The molecule has 0 radical (unpaired) electrons. The van der Waals surface area contributed by atoms with Crippen LogP contribution in [0.1, 0.15) is 40.4 Å². The van der Waals surface area contributed by atoms with Crippen LogP contribution in [0.5, 0.6) is 5.75 Å². The summed E-state index contributed by atoms with van der Waals surface area (Å²) in [6.45, 7) is 3.02. The zero-order chi connectivity index (χ0) is 19.4. The van der Waals surface area contributed by atoms with E-state index in [9.17, 15) is 9.90 Å². The van der Waals surface area contributed by atoms with Gasteiger partial charge in [-0.25, -0.2) is 0 Å². The van der Waals surface area contributed by atoms with Crippen molar-refractivity contribution in [2.24, 2.45) is 5.73 Å². The molecule has 1 saturated heterocycles. The van der Waals surface area contributed by atoms with Crippen LogP contribution in [0, 0.1) is 0 Å². The second-order valence-electron chi connectivity index (χ2n) is 8.02. The molecular formula is C22H26N2O3. The van der Waals surface area contributed by atoms with Crippen molar-refractivity contribution in [3.05, 3.63) is 64.7 Å². The zero-order valence-corrected chi connectivity index (χ0v) is 16.0. The number of carbonyl (C=O) groups excluding carboxylic acids is 1. The van der Waals surface area contributed by atoms with Crippen molar-refractivity contribution in [1.29, 1.82) is 0 Å². The van der Waals surface area contributed by atoms with Gasteiger partial charge in [-0.1, -0.05) is 25.1 Å². The number of aliphatic hydroxyl groups is 1. The summed E-state index contributed by atoms with van der Waals surface area (Å²) in [5.41, 5.74) is 7.39. The topological polar surface area (TPSA) is 75.8 Å². The standard InChI is InChI=1S/C22H26N2O3/c1-21-9-10-24(2)19(12-14-7-8-17(27-3)13-18(14)21)22(21,26)16-6-4-5-15(11-16)20(23)25/h4-8,11,13,19,26H,9-10,12H2,1-3H3,(H2,23,25)/t19?,21-,22-/m1/s1. The van der Waals surface area contributed by atoms with Crippen LogP contribution >= 0.6 is 0 Å². The van der Waals surface area contributed by atoms with E-state index in [2.05, 4.69) is 31.0 Å². The monoisotopic (exact) mass is 366 g/mol. The van der Waals surface area contributed by atoms with Gasteiger partial charge in [0.05, 0.1) is 7.11 Å². The van der Waals surface area contributed by atoms with Crippen LogP contribution in [0.15, 0.2) is 42.5 Å². The van der Waals surface area contributed by atoms with E-state index in [-0.39, 0.29) is 6.04 Å². The number of hydrogen-bond donors (Lipinski definition) is 2. The number of carbonyl (C=O) groups is 1. The normalized spacial score (nSPS) is 29.9. The van der Waals surface area contributed by atoms with Gasteiger partial charge in [-0.15, -0.1) is 0 Å². The molecule has 1 unspecified atom stereocenters. The molecule has 2 aliphatic rings. The van der Waals surface area contributed by atoms with Gasteiger partial charge in [-0.05, 0) is 67.4 Å². The highest BCUT2D eigenvalue weighted by molar-refractivity contribution is 5.93. The Bertz CT molecular complexity index is 912. The molecule has 5 nitrogen and oxygen atoms in total. The maximum Gasteiger partial charge on any atom is 0.248 e. The molecule has 0 saturated carbocycles. The Balaban J connectivity index is 1.96. The third-order valence-electron chi connectivity index (χ3n) is 6.73. The minimum absolute atomic E-state index is 0.0831. The highest BCUT2D eigenvalue weighted by Gasteiger charge is 2.60. The minimum Gasteiger partial charge on any atom is -0.497 e. The molecule has 2 bridgehead atoms. The van der Waals surface area contributed by atoms with Crippen LogP contribution in [0.25, 0.3) is 0 Å². The number of fused-ring (bicyclic) bond motifs is 4. The average Bonchev–Trinajstić information content (AvgIpc) is 2.67. The third-order valence-corrected chi connectivity index (χ3v) is 6.73. The van der Waals surface area contributed by atoms with Crippen molar-refractivity contribution in [2.75, 3.05) is 20.7 Å². The third kappa shape index (κ3) is 2.42. The fourth-order valence-corrected chi connectivity index (χ4v) is 5.08. The van der Waals surface area contributed by atoms with Gasteiger partial charge in [-0.3, -0.25) is 9.69 Å². The molecule has 4 rings (SSSR count). The Kier molecular flexibility index (Phi) is 4.05. The van der Waals surface area contributed by atoms with E-state index in [0.717, 1.165) is 36.3 Å². The van der Waals surface area contributed by atoms with E-state index in [0.29, 0.717) is 5.56 Å². The summed E-state index contributed by atoms with van der Waals surface area (Å²) in [6.07, 6.45) is 1.54. The molecule has 0 spiro atoms. The van der Waals surface area contributed by atoms with E-state index >= 15 is 0 Å². The SMILES string of the molecule is COc1ccc2c(c1)[C@@]1(C)CCN(C)C(C2)[C@]1(O)c1cccc(C(N)=O)c1. The van der Waals surface area contributed by atoms with E-state index < -0.39 is 16.9 Å². The number of rotatable bonds is 3. The van der Waals surface area contributed by atoms with Crippen LogP contribution < -0.4 is 10.5 Å². The quantitative estimate of drug-likeness (QED) is 0.873. The molecule has 0 aromatic heterocycles. The number of piperidine rings is 1. The highest BCUT2D eigenvalue weighted by atomic mass is 16.5. The van der Waals surface area contributed by atoms with E-state index in [1.54, 1.807) is 25.3 Å². The van der Waals surface area contributed by atoms with Crippen LogP contribution in [-0.4, -0.2) is 42.7 Å². The Morgan fingerprint density at radius 2 is 2.07 bits per heavy atom. The fraction of sp³-hybridized carbons (Fsp3) is 0.409. The molecule has 1 heterocycles. The first kappa shape index (κ1) is 18.0. The second-order valence-corrected chi connectivity index (χ2v) is 8.02. The molecule has 2 aromatic carbocycles. The Morgan fingerprint density at radius 3 is 2.78 bits per heavy atom. The number of likely N-dealkylation sites (tertiary alicyclic amines) is 1. The van der Waals surface area contributed by atoms with E-state index in [1.165, 1.54) is 5.56 Å². The van der Waals surface area contributed by atoms with Crippen molar-refractivity contribution in [3.63, 3.8) is 0 Å². The fourth-order valence-electron chi connectivity index (χ4n) is 5.08. The molecular weight excluding hydrogens is 340 g/mol. The molecule has 27 heavy (non-hydrogen) atoms. The average molecular weight is 366 g/mol. The van der Waals surface area contributed by atoms with Gasteiger partial charge in [0.25, 0.3) is 0 Å². The number of nitrogens with zero attached hydrogens (tertiary/aromatic N) is 1. The smallest absolute Gasteiger partial charge is 0.248 e. The minimum atomic E-state index is -1.13. The van der Waals surface area contributed by atoms with Gasteiger partial charge in [0.15, 0.2) is 0 Å². The lowest BCUT2D eigenvalue weighted by molar-refractivity contribution is -0.141. The van der Waals surface area contributed by atoms with Crippen LogP contribution in [-0.2, 0) is 17.4 Å². The summed E-state index contributed by atoms with van der Waals surface area (Å²) in [7, 11) is 3.72. The maximum absolute atomic E-state index is 12.2. The molecule has 142 valence electrons. The number of nitrogens with two attached hydrogens (primary N) is 1. The Morgan fingerprint density at radius 1 is 1.30 bits per heavy atom. The summed E-state index contributed by atoms with van der Waals surface area (Å²) in [6, 6.07) is 13.2. The van der Waals surface area contributed by atoms with Crippen LogP contribution in [0.3, 0.4) is 0 Å². The molecule has 3 atom stereocenters. The summed E-state index contributed by atoms with van der Waals surface area (Å²) in [5.74, 6) is 0.308.